The Morgan fingerprint density at radius 1 is 1.54 bits per heavy atom. The molecule has 0 aromatic heterocycles. The summed E-state index contributed by atoms with van der Waals surface area (Å²) in [5, 5.41) is 2.37. The van der Waals surface area contributed by atoms with E-state index in [2.05, 4.69) is 11.2 Å². The van der Waals surface area contributed by atoms with E-state index in [0.717, 1.165) is 0 Å². The maximum atomic E-state index is 13.0. The highest BCUT2D eigenvalue weighted by molar-refractivity contribution is 5.94. The van der Waals surface area contributed by atoms with Crippen molar-refractivity contribution in [2.24, 2.45) is 0 Å². The summed E-state index contributed by atoms with van der Waals surface area (Å²) in [7, 11) is 0. The SMILES string of the molecule is C#CCNC(=O)c1ccccc1F. The molecular weight excluding hydrogens is 169 g/mol. The van der Waals surface area contributed by atoms with E-state index in [1.165, 1.54) is 18.2 Å². The van der Waals surface area contributed by atoms with Gasteiger partial charge in [-0.1, -0.05) is 18.1 Å². The third-order valence-corrected chi connectivity index (χ3v) is 1.47. The quantitative estimate of drug-likeness (QED) is 0.675. The van der Waals surface area contributed by atoms with Crippen LogP contribution in [0.5, 0.6) is 0 Å². The van der Waals surface area contributed by atoms with E-state index in [0.29, 0.717) is 0 Å². The Bertz CT molecular complexity index is 354. The zero-order valence-electron chi connectivity index (χ0n) is 6.88. The monoisotopic (exact) mass is 177 g/mol. The lowest BCUT2D eigenvalue weighted by Crippen LogP contribution is -2.24. The summed E-state index contributed by atoms with van der Waals surface area (Å²) in [5.74, 6) is 1.20. The predicted octanol–water partition coefficient (Wildman–Crippen LogP) is 1.19. The third-order valence-electron chi connectivity index (χ3n) is 1.47. The van der Waals surface area contributed by atoms with Gasteiger partial charge in [-0.3, -0.25) is 4.79 Å². The summed E-state index contributed by atoms with van der Waals surface area (Å²) in [6.07, 6.45) is 4.93. The first-order valence-corrected chi connectivity index (χ1v) is 3.72. The maximum absolute atomic E-state index is 13.0. The number of benzene rings is 1. The van der Waals surface area contributed by atoms with Gasteiger partial charge in [0.25, 0.3) is 5.91 Å². The minimum Gasteiger partial charge on any atom is -0.341 e. The Hall–Kier alpha value is -1.82. The lowest BCUT2D eigenvalue weighted by Gasteiger charge is -2.01. The lowest BCUT2D eigenvalue weighted by atomic mass is 10.2. The van der Waals surface area contributed by atoms with Crippen LogP contribution < -0.4 is 5.32 Å². The molecule has 0 aliphatic carbocycles. The van der Waals surface area contributed by atoms with Gasteiger partial charge in [-0.2, -0.15) is 0 Å². The second-order valence-electron chi connectivity index (χ2n) is 2.37. The highest BCUT2D eigenvalue weighted by Crippen LogP contribution is 2.05. The Labute approximate surface area is 75.8 Å². The minimum absolute atomic E-state index is 0.0118. The fourth-order valence-electron chi connectivity index (χ4n) is 0.872. The summed E-state index contributed by atoms with van der Waals surface area (Å²) in [6, 6.07) is 5.74. The van der Waals surface area contributed by atoms with Crippen LogP contribution >= 0.6 is 0 Å². The van der Waals surface area contributed by atoms with E-state index < -0.39 is 11.7 Å². The Morgan fingerprint density at radius 3 is 2.85 bits per heavy atom. The molecule has 3 heteroatoms. The van der Waals surface area contributed by atoms with Crippen molar-refractivity contribution in [1.29, 1.82) is 0 Å². The van der Waals surface area contributed by atoms with E-state index in [9.17, 15) is 9.18 Å². The van der Waals surface area contributed by atoms with E-state index in [4.69, 9.17) is 6.42 Å². The average molecular weight is 177 g/mol. The van der Waals surface area contributed by atoms with Crippen molar-refractivity contribution in [2.45, 2.75) is 0 Å². The van der Waals surface area contributed by atoms with Crippen molar-refractivity contribution in [1.82, 2.24) is 5.32 Å². The summed E-state index contributed by atoms with van der Waals surface area (Å²) < 4.78 is 13.0. The van der Waals surface area contributed by atoms with Gasteiger partial charge < -0.3 is 5.32 Å². The maximum Gasteiger partial charge on any atom is 0.255 e. The summed E-state index contributed by atoms with van der Waals surface area (Å²) in [5.41, 5.74) is 0.0118. The van der Waals surface area contributed by atoms with Crippen LogP contribution in [0.2, 0.25) is 0 Å². The Kier molecular flexibility index (Phi) is 3.04. The number of rotatable bonds is 2. The van der Waals surface area contributed by atoms with Gasteiger partial charge >= 0.3 is 0 Å². The molecule has 0 unspecified atom stereocenters. The molecule has 0 heterocycles. The minimum atomic E-state index is -0.544. The van der Waals surface area contributed by atoms with Crippen LogP contribution in [-0.2, 0) is 0 Å². The molecule has 0 saturated heterocycles. The molecule has 13 heavy (non-hydrogen) atoms. The average Bonchev–Trinajstić information content (AvgIpc) is 2.15. The van der Waals surface area contributed by atoms with Crippen molar-refractivity contribution < 1.29 is 9.18 Å². The molecule has 0 aliphatic heterocycles. The first kappa shape index (κ1) is 9.27. The largest absolute Gasteiger partial charge is 0.341 e. The molecule has 1 aromatic carbocycles. The van der Waals surface area contributed by atoms with Crippen LogP contribution in [0.15, 0.2) is 24.3 Å². The molecule has 0 aliphatic rings. The van der Waals surface area contributed by atoms with Gasteiger partial charge in [0.2, 0.25) is 0 Å². The highest BCUT2D eigenvalue weighted by Gasteiger charge is 2.08. The van der Waals surface area contributed by atoms with Crippen LogP contribution in [0.25, 0.3) is 0 Å². The number of carbonyl (C=O) groups excluding carboxylic acids is 1. The number of halogens is 1. The number of hydrogen-bond donors (Lipinski definition) is 1. The molecule has 0 radical (unpaired) electrons. The molecule has 1 amide bonds. The van der Waals surface area contributed by atoms with E-state index in [-0.39, 0.29) is 12.1 Å². The Balaban J connectivity index is 2.78. The lowest BCUT2D eigenvalue weighted by molar-refractivity contribution is 0.0954. The van der Waals surface area contributed by atoms with E-state index >= 15 is 0 Å². The molecule has 0 atom stereocenters. The van der Waals surface area contributed by atoms with Gasteiger partial charge in [-0.25, -0.2) is 4.39 Å². The molecule has 0 saturated carbocycles. The highest BCUT2D eigenvalue weighted by atomic mass is 19.1. The number of terminal acetylenes is 1. The molecule has 0 spiro atoms. The zero-order valence-corrected chi connectivity index (χ0v) is 6.88. The van der Waals surface area contributed by atoms with Gasteiger partial charge in [0.1, 0.15) is 5.82 Å². The van der Waals surface area contributed by atoms with Crippen molar-refractivity contribution in [3.63, 3.8) is 0 Å². The van der Waals surface area contributed by atoms with Gasteiger partial charge in [-0.05, 0) is 12.1 Å². The van der Waals surface area contributed by atoms with E-state index in [1.54, 1.807) is 6.07 Å². The van der Waals surface area contributed by atoms with Gasteiger partial charge in [0, 0.05) is 0 Å². The first-order chi connectivity index (χ1) is 6.25. The molecule has 0 bridgehead atoms. The van der Waals surface area contributed by atoms with Gasteiger partial charge in [-0.15, -0.1) is 6.42 Å². The van der Waals surface area contributed by atoms with Crippen molar-refractivity contribution in [3.05, 3.63) is 35.6 Å². The van der Waals surface area contributed by atoms with E-state index in [1.807, 2.05) is 0 Å². The fourth-order valence-corrected chi connectivity index (χ4v) is 0.872. The van der Waals surface area contributed by atoms with Crippen LogP contribution in [-0.4, -0.2) is 12.5 Å². The number of nitrogens with one attached hydrogen (secondary N) is 1. The normalized spacial score (nSPS) is 8.92. The number of carbonyl (C=O) groups is 1. The second-order valence-corrected chi connectivity index (χ2v) is 2.37. The zero-order chi connectivity index (χ0) is 9.68. The number of hydrogen-bond acceptors (Lipinski definition) is 1. The van der Waals surface area contributed by atoms with Crippen molar-refractivity contribution in [2.75, 3.05) is 6.54 Å². The molecule has 0 fully saturated rings. The molecule has 1 rings (SSSR count). The van der Waals surface area contributed by atoms with Crippen molar-refractivity contribution in [3.8, 4) is 12.3 Å². The summed E-state index contributed by atoms with van der Waals surface area (Å²) in [6.45, 7) is 0.104. The predicted molar refractivity (Wildman–Crippen MR) is 47.6 cm³/mol. The standard InChI is InChI=1S/C10H8FNO/c1-2-7-12-10(13)8-5-3-4-6-9(8)11/h1,3-6H,7H2,(H,12,13). The van der Waals surface area contributed by atoms with Crippen LogP contribution in [0.4, 0.5) is 4.39 Å². The third kappa shape index (κ3) is 2.31. The molecule has 1 N–H and O–H groups in total. The van der Waals surface area contributed by atoms with Gasteiger partial charge in [0.05, 0.1) is 12.1 Å². The van der Waals surface area contributed by atoms with Gasteiger partial charge in [0.15, 0.2) is 0 Å². The second kappa shape index (κ2) is 4.27. The molecule has 2 nitrogen and oxygen atoms in total. The number of amides is 1. The topological polar surface area (TPSA) is 29.1 Å². The summed E-state index contributed by atoms with van der Waals surface area (Å²) >= 11 is 0. The first-order valence-electron chi connectivity index (χ1n) is 3.72. The van der Waals surface area contributed by atoms with Crippen LogP contribution in [0, 0.1) is 18.2 Å². The molecule has 66 valence electrons. The van der Waals surface area contributed by atoms with Crippen LogP contribution in [0.1, 0.15) is 10.4 Å². The van der Waals surface area contributed by atoms with Crippen molar-refractivity contribution >= 4 is 5.91 Å². The summed E-state index contributed by atoms with van der Waals surface area (Å²) in [4.78, 5) is 11.2. The molecule has 1 aromatic rings. The fraction of sp³-hybridized carbons (Fsp3) is 0.100. The van der Waals surface area contributed by atoms with Crippen LogP contribution in [0.3, 0.4) is 0 Å². The smallest absolute Gasteiger partial charge is 0.255 e. The molecular formula is C10H8FNO. The Morgan fingerprint density at radius 2 is 2.23 bits per heavy atom.